The first kappa shape index (κ1) is 28.4. The number of hydrogen-bond donors (Lipinski definition) is 0. The zero-order valence-corrected chi connectivity index (χ0v) is 26.2. The summed E-state index contributed by atoms with van der Waals surface area (Å²) in [6.45, 7) is 18.3. The van der Waals surface area contributed by atoms with Crippen LogP contribution in [0.1, 0.15) is 103 Å². The summed E-state index contributed by atoms with van der Waals surface area (Å²) in [5.74, 6) is 0. The van der Waals surface area contributed by atoms with Gasteiger partial charge in [-0.3, -0.25) is 0 Å². The molecular formula is C40H48. The Hall–Kier alpha value is -3.12. The second kappa shape index (κ2) is 11.4. The average molecular weight is 529 g/mol. The van der Waals surface area contributed by atoms with Crippen molar-refractivity contribution in [2.45, 2.75) is 106 Å². The van der Waals surface area contributed by atoms with Crippen LogP contribution in [-0.2, 0) is 5.41 Å². The van der Waals surface area contributed by atoms with Crippen molar-refractivity contribution in [1.82, 2.24) is 0 Å². The standard InChI is InChI=1S/C40H48/c1-9-10-11-12-13-14-19-40(8)36-24-32(38-28(4)20-26(2)21-29(38)5)15-17-34(36)35-18-16-33(25-37(35)40)39-30(6)22-27(3)23-31(39)7/h15-18,20-25H,9-14,19H2,1-8H3. The van der Waals surface area contributed by atoms with Crippen LogP contribution in [0.4, 0.5) is 0 Å². The molecule has 0 nitrogen and oxygen atoms in total. The number of unbranched alkanes of at least 4 members (excludes halogenated alkanes) is 5. The molecule has 0 aliphatic heterocycles. The van der Waals surface area contributed by atoms with E-state index in [2.05, 4.69) is 116 Å². The molecule has 0 radical (unpaired) electrons. The molecule has 40 heavy (non-hydrogen) atoms. The third-order valence-corrected chi connectivity index (χ3v) is 9.48. The van der Waals surface area contributed by atoms with Crippen LogP contribution in [-0.4, -0.2) is 0 Å². The third-order valence-electron chi connectivity index (χ3n) is 9.48. The Morgan fingerprint density at radius 1 is 0.500 bits per heavy atom. The number of rotatable bonds is 9. The highest BCUT2D eigenvalue weighted by atomic mass is 14.4. The summed E-state index contributed by atoms with van der Waals surface area (Å²) in [6.07, 6.45) is 9.19. The minimum absolute atomic E-state index is 0.0143. The molecule has 0 heterocycles. The van der Waals surface area contributed by atoms with Crippen molar-refractivity contribution in [1.29, 1.82) is 0 Å². The molecule has 0 spiro atoms. The zero-order valence-electron chi connectivity index (χ0n) is 26.2. The summed E-state index contributed by atoms with van der Waals surface area (Å²) in [4.78, 5) is 0. The molecule has 0 fully saturated rings. The molecular weight excluding hydrogens is 480 g/mol. The SMILES string of the molecule is CCCCCCCCC1(C)c2cc(-c3c(C)cc(C)cc3C)ccc2-c2ccc(-c3c(C)cc(C)cc3C)cc21. The Balaban J connectivity index is 1.61. The molecule has 5 rings (SSSR count). The topological polar surface area (TPSA) is 0 Å². The fourth-order valence-electron chi connectivity index (χ4n) is 7.73. The summed E-state index contributed by atoms with van der Waals surface area (Å²) in [5.41, 5.74) is 19.6. The van der Waals surface area contributed by atoms with Crippen molar-refractivity contribution in [3.8, 4) is 33.4 Å². The molecule has 0 unspecified atom stereocenters. The van der Waals surface area contributed by atoms with Crippen LogP contribution in [0.5, 0.6) is 0 Å². The van der Waals surface area contributed by atoms with E-state index in [1.165, 1.54) is 123 Å². The maximum atomic E-state index is 2.54. The first-order valence-electron chi connectivity index (χ1n) is 15.6. The molecule has 4 aromatic rings. The van der Waals surface area contributed by atoms with Crippen molar-refractivity contribution in [2.75, 3.05) is 0 Å². The minimum Gasteiger partial charge on any atom is -0.0654 e. The zero-order chi connectivity index (χ0) is 28.6. The van der Waals surface area contributed by atoms with Crippen molar-refractivity contribution >= 4 is 0 Å². The molecule has 0 bridgehead atoms. The van der Waals surface area contributed by atoms with Crippen LogP contribution in [0.25, 0.3) is 33.4 Å². The van der Waals surface area contributed by atoms with Crippen molar-refractivity contribution < 1.29 is 0 Å². The van der Waals surface area contributed by atoms with E-state index in [1.807, 2.05) is 0 Å². The molecule has 0 saturated carbocycles. The molecule has 0 aromatic heterocycles. The molecule has 0 heteroatoms. The van der Waals surface area contributed by atoms with Crippen LogP contribution in [0.3, 0.4) is 0 Å². The number of fused-ring (bicyclic) bond motifs is 3. The van der Waals surface area contributed by atoms with Crippen molar-refractivity contribution in [3.63, 3.8) is 0 Å². The van der Waals surface area contributed by atoms with E-state index >= 15 is 0 Å². The fourth-order valence-corrected chi connectivity index (χ4v) is 7.73. The first-order valence-corrected chi connectivity index (χ1v) is 15.6. The molecule has 4 aromatic carbocycles. The maximum Gasteiger partial charge on any atom is 0.0187 e. The van der Waals surface area contributed by atoms with Gasteiger partial charge in [-0.15, -0.1) is 0 Å². The van der Waals surface area contributed by atoms with Gasteiger partial charge in [0.1, 0.15) is 0 Å². The van der Waals surface area contributed by atoms with Crippen LogP contribution >= 0.6 is 0 Å². The lowest BCUT2D eigenvalue weighted by Gasteiger charge is -2.29. The first-order chi connectivity index (χ1) is 19.1. The van der Waals surface area contributed by atoms with Gasteiger partial charge < -0.3 is 0 Å². The second-order valence-corrected chi connectivity index (χ2v) is 12.9. The summed E-state index contributed by atoms with van der Waals surface area (Å²) in [7, 11) is 0. The lowest BCUT2D eigenvalue weighted by molar-refractivity contribution is 0.481. The summed E-state index contributed by atoms with van der Waals surface area (Å²) in [6, 6.07) is 24.0. The normalized spacial score (nSPS) is 13.4. The predicted molar refractivity (Wildman–Crippen MR) is 176 cm³/mol. The Labute approximate surface area is 243 Å². The quantitative estimate of drug-likeness (QED) is 0.189. The summed E-state index contributed by atoms with van der Waals surface area (Å²) >= 11 is 0. The lowest BCUT2D eigenvalue weighted by Crippen LogP contribution is -2.21. The van der Waals surface area contributed by atoms with Gasteiger partial charge in [0.2, 0.25) is 0 Å². The van der Waals surface area contributed by atoms with Crippen LogP contribution in [0.2, 0.25) is 0 Å². The smallest absolute Gasteiger partial charge is 0.0187 e. The van der Waals surface area contributed by atoms with Gasteiger partial charge in [0.25, 0.3) is 0 Å². The molecule has 0 N–H and O–H groups in total. The van der Waals surface area contributed by atoms with Gasteiger partial charge in [-0.05, 0) is 127 Å². The predicted octanol–water partition coefficient (Wildman–Crippen LogP) is 11.9. The van der Waals surface area contributed by atoms with E-state index in [0.717, 1.165) is 0 Å². The molecule has 0 amide bonds. The van der Waals surface area contributed by atoms with Gasteiger partial charge in [-0.25, -0.2) is 0 Å². The van der Waals surface area contributed by atoms with Gasteiger partial charge in [-0.2, -0.15) is 0 Å². The van der Waals surface area contributed by atoms with E-state index in [4.69, 9.17) is 0 Å². The maximum absolute atomic E-state index is 2.54. The molecule has 208 valence electrons. The van der Waals surface area contributed by atoms with Crippen LogP contribution in [0, 0.1) is 41.5 Å². The Bertz CT molecular complexity index is 1390. The van der Waals surface area contributed by atoms with Crippen molar-refractivity contribution in [2.24, 2.45) is 0 Å². The van der Waals surface area contributed by atoms with Crippen LogP contribution in [0.15, 0.2) is 60.7 Å². The number of hydrogen-bond acceptors (Lipinski definition) is 0. The van der Waals surface area contributed by atoms with Gasteiger partial charge in [-0.1, -0.05) is 112 Å². The van der Waals surface area contributed by atoms with Crippen LogP contribution < -0.4 is 0 Å². The minimum atomic E-state index is 0.0143. The van der Waals surface area contributed by atoms with E-state index in [0.29, 0.717) is 0 Å². The molecule has 0 atom stereocenters. The summed E-state index contributed by atoms with van der Waals surface area (Å²) < 4.78 is 0. The lowest BCUT2D eigenvalue weighted by atomic mass is 9.74. The number of aryl methyl sites for hydroxylation is 6. The van der Waals surface area contributed by atoms with E-state index in [9.17, 15) is 0 Å². The van der Waals surface area contributed by atoms with E-state index in [1.54, 1.807) is 0 Å². The largest absolute Gasteiger partial charge is 0.0654 e. The van der Waals surface area contributed by atoms with E-state index in [-0.39, 0.29) is 5.41 Å². The molecule has 0 saturated heterocycles. The van der Waals surface area contributed by atoms with E-state index < -0.39 is 0 Å². The van der Waals surface area contributed by atoms with Crippen molar-refractivity contribution in [3.05, 3.63) is 105 Å². The fraction of sp³-hybridized carbons (Fsp3) is 0.400. The molecule has 1 aliphatic rings. The Morgan fingerprint density at radius 2 is 0.900 bits per heavy atom. The number of benzene rings is 4. The van der Waals surface area contributed by atoms with Gasteiger partial charge >= 0.3 is 0 Å². The summed E-state index contributed by atoms with van der Waals surface area (Å²) in [5, 5.41) is 0. The molecule has 1 aliphatic carbocycles. The third kappa shape index (κ3) is 5.18. The average Bonchev–Trinajstić information content (AvgIpc) is 3.12. The second-order valence-electron chi connectivity index (χ2n) is 12.9. The van der Waals surface area contributed by atoms with Gasteiger partial charge in [0, 0.05) is 5.41 Å². The van der Waals surface area contributed by atoms with Gasteiger partial charge in [0.05, 0.1) is 0 Å². The highest BCUT2D eigenvalue weighted by Gasteiger charge is 2.39. The Morgan fingerprint density at radius 3 is 1.32 bits per heavy atom. The highest BCUT2D eigenvalue weighted by molar-refractivity contribution is 5.87. The Kier molecular flexibility index (Phi) is 8.10. The van der Waals surface area contributed by atoms with Gasteiger partial charge in [0.15, 0.2) is 0 Å². The highest BCUT2D eigenvalue weighted by Crippen LogP contribution is 2.53. The monoisotopic (exact) mass is 528 g/mol.